The second kappa shape index (κ2) is 5.75. The van der Waals surface area contributed by atoms with Gasteiger partial charge in [-0.15, -0.1) is 11.6 Å². The predicted octanol–water partition coefficient (Wildman–Crippen LogP) is 5.72. The van der Waals surface area contributed by atoms with Gasteiger partial charge in [-0.3, -0.25) is 0 Å². The molecule has 1 saturated carbocycles. The minimum atomic E-state index is -0.926. The molecule has 2 rings (SSSR count). The highest BCUT2D eigenvalue weighted by atomic mass is 35.5. The third kappa shape index (κ3) is 2.97. The Balaban J connectivity index is 2.18. The summed E-state index contributed by atoms with van der Waals surface area (Å²) in [6.45, 7) is 2.23. The molecule has 0 aliphatic heterocycles. The van der Waals surface area contributed by atoms with Crippen molar-refractivity contribution in [2.75, 3.05) is 0 Å². The standard InChI is InChI=1S/C14H16Cl2F2/c1-8-2-4-9(5-3-8)14(16)10-6-12(17)13(18)7-11(10)15/h6-9,14H,2-5H2,1H3. The van der Waals surface area contributed by atoms with Crippen LogP contribution in [0.15, 0.2) is 12.1 Å². The van der Waals surface area contributed by atoms with E-state index < -0.39 is 11.6 Å². The number of alkyl halides is 1. The summed E-state index contributed by atoms with van der Waals surface area (Å²) in [5.41, 5.74) is 0.511. The molecule has 1 fully saturated rings. The van der Waals surface area contributed by atoms with Gasteiger partial charge in [0.2, 0.25) is 0 Å². The van der Waals surface area contributed by atoms with E-state index in [2.05, 4.69) is 6.92 Å². The Bertz CT molecular complexity index is 426. The molecule has 0 spiro atoms. The van der Waals surface area contributed by atoms with Crippen molar-refractivity contribution in [2.45, 2.75) is 38.0 Å². The highest BCUT2D eigenvalue weighted by Crippen LogP contribution is 2.42. The zero-order chi connectivity index (χ0) is 13.3. The Labute approximate surface area is 116 Å². The lowest BCUT2D eigenvalue weighted by Crippen LogP contribution is -2.17. The maximum absolute atomic E-state index is 13.3. The summed E-state index contributed by atoms with van der Waals surface area (Å²) in [5, 5.41) is -0.118. The molecule has 0 heterocycles. The van der Waals surface area contributed by atoms with Crippen molar-refractivity contribution >= 4 is 23.2 Å². The first-order valence-corrected chi connectivity index (χ1v) is 7.09. The van der Waals surface area contributed by atoms with E-state index in [1.54, 1.807) is 0 Å². The summed E-state index contributed by atoms with van der Waals surface area (Å²) < 4.78 is 26.3. The van der Waals surface area contributed by atoms with Gasteiger partial charge in [0.05, 0.1) is 5.38 Å². The lowest BCUT2D eigenvalue weighted by molar-refractivity contribution is 0.283. The van der Waals surface area contributed by atoms with E-state index >= 15 is 0 Å². The molecule has 1 aliphatic rings. The maximum atomic E-state index is 13.3. The van der Waals surface area contributed by atoms with Gasteiger partial charge in [-0.05, 0) is 42.4 Å². The average molecular weight is 293 g/mol. The second-order valence-corrected chi connectivity index (χ2v) is 6.09. The van der Waals surface area contributed by atoms with E-state index in [0.717, 1.165) is 43.7 Å². The molecule has 1 unspecified atom stereocenters. The molecule has 0 aromatic heterocycles. The SMILES string of the molecule is CC1CCC(C(Cl)c2cc(F)c(F)cc2Cl)CC1. The van der Waals surface area contributed by atoms with E-state index in [9.17, 15) is 8.78 Å². The summed E-state index contributed by atoms with van der Waals surface area (Å²) >= 11 is 12.3. The van der Waals surface area contributed by atoms with Gasteiger partial charge < -0.3 is 0 Å². The Morgan fingerprint density at radius 2 is 1.67 bits per heavy atom. The van der Waals surface area contributed by atoms with Crippen LogP contribution in [-0.4, -0.2) is 0 Å². The molecule has 0 N–H and O–H groups in total. The summed E-state index contributed by atoms with van der Waals surface area (Å²) in [6, 6.07) is 2.14. The average Bonchev–Trinajstić information content (AvgIpc) is 2.34. The van der Waals surface area contributed by atoms with E-state index in [1.165, 1.54) is 0 Å². The van der Waals surface area contributed by atoms with Crippen LogP contribution >= 0.6 is 23.2 Å². The van der Waals surface area contributed by atoms with Gasteiger partial charge in [-0.2, -0.15) is 0 Å². The Kier molecular flexibility index (Phi) is 4.50. The highest BCUT2D eigenvalue weighted by Gasteiger charge is 2.27. The van der Waals surface area contributed by atoms with E-state index in [0.29, 0.717) is 11.5 Å². The van der Waals surface area contributed by atoms with Crippen molar-refractivity contribution < 1.29 is 8.78 Å². The minimum absolute atomic E-state index is 0.215. The number of benzene rings is 1. The molecule has 0 nitrogen and oxygen atoms in total. The molecule has 100 valence electrons. The molecule has 0 bridgehead atoms. The molecule has 1 atom stereocenters. The van der Waals surface area contributed by atoms with Crippen LogP contribution in [0.2, 0.25) is 5.02 Å². The van der Waals surface area contributed by atoms with Crippen molar-refractivity contribution in [2.24, 2.45) is 11.8 Å². The van der Waals surface area contributed by atoms with Crippen LogP contribution in [-0.2, 0) is 0 Å². The van der Waals surface area contributed by atoms with Crippen LogP contribution in [0.5, 0.6) is 0 Å². The molecular weight excluding hydrogens is 277 g/mol. The monoisotopic (exact) mass is 292 g/mol. The van der Waals surface area contributed by atoms with Crippen molar-refractivity contribution in [3.05, 3.63) is 34.4 Å². The normalized spacial score (nSPS) is 26.1. The summed E-state index contributed by atoms with van der Waals surface area (Å²) in [4.78, 5) is 0. The van der Waals surface area contributed by atoms with Gasteiger partial charge in [-0.1, -0.05) is 31.4 Å². The second-order valence-electron chi connectivity index (χ2n) is 5.21. The third-order valence-corrected chi connectivity index (χ3v) is 4.73. The first kappa shape index (κ1) is 14.1. The number of hydrogen-bond donors (Lipinski definition) is 0. The Morgan fingerprint density at radius 1 is 1.11 bits per heavy atom. The largest absolute Gasteiger partial charge is 0.204 e. The number of hydrogen-bond acceptors (Lipinski definition) is 0. The zero-order valence-corrected chi connectivity index (χ0v) is 11.7. The van der Waals surface area contributed by atoms with Gasteiger partial charge in [0, 0.05) is 5.02 Å². The first-order valence-electron chi connectivity index (χ1n) is 6.27. The quantitative estimate of drug-likeness (QED) is 0.483. The lowest BCUT2D eigenvalue weighted by Gasteiger charge is -2.30. The van der Waals surface area contributed by atoms with Crippen LogP contribution in [0.1, 0.15) is 43.5 Å². The topological polar surface area (TPSA) is 0 Å². The molecule has 18 heavy (non-hydrogen) atoms. The third-order valence-electron chi connectivity index (χ3n) is 3.81. The summed E-state index contributed by atoms with van der Waals surface area (Å²) in [7, 11) is 0. The molecule has 0 radical (unpaired) electrons. The van der Waals surface area contributed by atoms with Crippen LogP contribution in [0, 0.1) is 23.5 Å². The zero-order valence-electron chi connectivity index (χ0n) is 10.2. The van der Waals surface area contributed by atoms with Crippen molar-refractivity contribution in [1.29, 1.82) is 0 Å². The van der Waals surface area contributed by atoms with E-state index in [1.807, 2.05) is 0 Å². The predicted molar refractivity (Wildman–Crippen MR) is 71.1 cm³/mol. The molecule has 0 amide bonds. The van der Waals surface area contributed by atoms with E-state index in [-0.39, 0.29) is 10.4 Å². The molecule has 1 aromatic carbocycles. The molecule has 1 aromatic rings. The Morgan fingerprint density at radius 3 is 2.28 bits per heavy atom. The van der Waals surface area contributed by atoms with Crippen molar-refractivity contribution in [3.8, 4) is 0 Å². The van der Waals surface area contributed by atoms with Gasteiger partial charge in [-0.25, -0.2) is 8.78 Å². The fourth-order valence-electron chi connectivity index (χ4n) is 2.58. The minimum Gasteiger partial charge on any atom is -0.204 e. The highest BCUT2D eigenvalue weighted by molar-refractivity contribution is 6.32. The van der Waals surface area contributed by atoms with Crippen molar-refractivity contribution in [3.63, 3.8) is 0 Å². The fraction of sp³-hybridized carbons (Fsp3) is 0.571. The molecule has 0 saturated heterocycles. The van der Waals surface area contributed by atoms with Gasteiger partial charge in [0.25, 0.3) is 0 Å². The summed E-state index contributed by atoms with van der Waals surface area (Å²) in [6.07, 6.45) is 4.31. The van der Waals surface area contributed by atoms with Crippen LogP contribution in [0.3, 0.4) is 0 Å². The van der Waals surface area contributed by atoms with Gasteiger partial charge in [0.1, 0.15) is 0 Å². The van der Waals surface area contributed by atoms with Gasteiger partial charge in [0.15, 0.2) is 11.6 Å². The number of rotatable bonds is 2. The summed E-state index contributed by atoms with van der Waals surface area (Å²) in [5.74, 6) is -0.787. The Hall–Kier alpha value is -0.340. The first-order chi connectivity index (χ1) is 8.49. The van der Waals surface area contributed by atoms with E-state index in [4.69, 9.17) is 23.2 Å². The molecular formula is C14H16Cl2F2. The van der Waals surface area contributed by atoms with Crippen molar-refractivity contribution in [1.82, 2.24) is 0 Å². The van der Waals surface area contributed by atoms with Crippen LogP contribution in [0.25, 0.3) is 0 Å². The molecule has 1 aliphatic carbocycles. The number of halogens is 4. The lowest BCUT2D eigenvalue weighted by atomic mass is 9.80. The van der Waals surface area contributed by atoms with Crippen LogP contribution < -0.4 is 0 Å². The van der Waals surface area contributed by atoms with Crippen LogP contribution in [0.4, 0.5) is 8.78 Å². The maximum Gasteiger partial charge on any atom is 0.160 e. The molecule has 4 heteroatoms. The fourth-order valence-corrected chi connectivity index (χ4v) is 3.34. The smallest absolute Gasteiger partial charge is 0.160 e. The van der Waals surface area contributed by atoms with Gasteiger partial charge >= 0.3 is 0 Å².